The van der Waals surface area contributed by atoms with Crippen molar-refractivity contribution < 1.29 is 13.9 Å². The number of rotatable bonds is 5. The predicted molar refractivity (Wildman–Crippen MR) is 91.0 cm³/mol. The van der Waals surface area contributed by atoms with Gasteiger partial charge in [0, 0.05) is 23.6 Å². The minimum Gasteiger partial charge on any atom is -0.497 e. The third kappa shape index (κ3) is 2.85. The fourth-order valence-corrected chi connectivity index (χ4v) is 3.14. The summed E-state index contributed by atoms with van der Waals surface area (Å²) < 4.78 is 11.1. The summed E-state index contributed by atoms with van der Waals surface area (Å²) in [5.41, 5.74) is 1.59. The highest BCUT2D eigenvalue weighted by molar-refractivity contribution is 5.99. The second-order valence-corrected chi connectivity index (χ2v) is 6.01. The highest BCUT2D eigenvalue weighted by Crippen LogP contribution is 2.30. The lowest BCUT2D eigenvalue weighted by atomic mass is 10.1. The van der Waals surface area contributed by atoms with Gasteiger partial charge in [0.05, 0.1) is 13.2 Å². The second-order valence-electron chi connectivity index (χ2n) is 6.01. The fraction of sp³-hybridized carbons (Fsp3) is 0.421. The predicted octanol–water partition coefficient (Wildman–Crippen LogP) is 4.32. The Bertz CT molecular complexity index is 744. The Hall–Kier alpha value is -2.23. The molecule has 0 bridgehead atoms. The van der Waals surface area contributed by atoms with Crippen molar-refractivity contribution in [2.24, 2.45) is 0 Å². The summed E-state index contributed by atoms with van der Waals surface area (Å²) in [4.78, 5) is 14.8. The molecule has 1 aliphatic rings. The number of carbonyl (C=O) groups excluding carboxylic acids is 1. The molecule has 1 aliphatic heterocycles. The van der Waals surface area contributed by atoms with Crippen LogP contribution in [0.2, 0.25) is 0 Å². The summed E-state index contributed by atoms with van der Waals surface area (Å²) in [5, 5.41) is 0.964. The molecule has 1 aromatic heterocycles. The first-order chi connectivity index (χ1) is 11.2. The Morgan fingerprint density at radius 1 is 1.43 bits per heavy atom. The SMILES string of the molecule is CCCC[C@H]1C=CCN1C(=O)c1oc2cc(OC)ccc2c1C. The second kappa shape index (κ2) is 6.49. The van der Waals surface area contributed by atoms with Crippen molar-refractivity contribution in [2.45, 2.75) is 39.2 Å². The summed E-state index contributed by atoms with van der Waals surface area (Å²) in [7, 11) is 1.62. The van der Waals surface area contributed by atoms with E-state index in [4.69, 9.17) is 9.15 Å². The zero-order valence-corrected chi connectivity index (χ0v) is 14.0. The molecule has 2 aromatic rings. The standard InChI is InChI=1S/C19H23NO3/c1-4-5-7-14-8-6-11-20(14)19(21)18-13(2)16-10-9-15(22-3)12-17(16)23-18/h6,8-10,12,14H,4-5,7,11H2,1-3H3/t14-/m0/s1. The normalized spacial score (nSPS) is 17.2. The Labute approximate surface area is 136 Å². The Kier molecular flexibility index (Phi) is 4.42. The molecule has 3 rings (SSSR count). The van der Waals surface area contributed by atoms with Crippen LogP contribution in [0.5, 0.6) is 5.75 Å². The van der Waals surface area contributed by atoms with Gasteiger partial charge in [0.2, 0.25) is 0 Å². The summed E-state index contributed by atoms with van der Waals surface area (Å²) in [6.45, 7) is 4.77. The van der Waals surface area contributed by atoms with Gasteiger partial charge in [-0.15, -0.1) is 0 Å². The zero-order valence-electron chi connectivity index (χ0n) is 14.0. The Balaban J connectivity index is 1.90. The topological polar surface area (TPSA) is 42.7 Å². The third-order valence-electron chi connectivity index (χ3n) is 4.51. The fourth-order valence-electron chi connectivity index (χ4n) is 3.14. The van der Waals surface area contributed by atoms with E-state index in [-0.39, 0.29) is 11.9 Å². The van der Waals surface area contributed by atoms with Crippen molar-refractivity contribution in [3.8, 4) is 5.75 Å². The molecule has 23 heavy (non-hydrogen) atoms. The molecule has 0 aliphatic carbocycles. The van der Waals surface area contributed by atoms with Gasteiger partial charge in [0.15, 0.2) is 5.76 Å². The van der Waals surface area contributed by atoms with Crippen LogP contribution in [0.4, 0.5) is 0 Å². The van der Waals surface area contributed by atoms with E-state index < -0.39 is 0 Å². The molecular weight excluding hydrogens is 290 g/mol. The average Bonchev–Trinajstić information content (AvgIpc) is 3.16. The molecule has 0 saturated heterocycles. The Morgan fingerprint density at radius 3 is 3.00 bits per heavy atom. The van der Waals surface area contributed by atoms with Gasteiger partial charge in [-0.3, -0.25) is 4.79 Å². The summed E-state index contributed by atoms with van der Waals surface area (Å²) in [5.74, 6) is 1.15. The van der Waals surface area contributed by atoms with Crippen LogP contribution in [0.15, 0.2) is 34.8 Å². The number of aryl methyl sites for hydroxylation is 1. The maximum absolute atomic E-state index is 12.9. The molecule has 0 radical (unpaired) electrons. The van der Waals surface area contributed by atoms with Crippen molar-refractivity contribution in [1.29, 1.82) is 0 Å². The number of fused-ring (bicyclic) bond motifs is 1. The van der Waals surface area contributed by atoms with Gasteiger partial charge in [-0.05, 0) is 25.5 Å². The molecule has 2 heterocycles. The van der Waals surface area contributed by atoms with E-state index in [1.165, 1.54) is 0 Å². The maximum atomic E-state index is 12.9. The highest BCUT2D eigenvalue weighted by atomic mass is 16.5. The summed E-state index contributed by atoms with van der Waals surface area (Å²) in [6, 6.07) is 5.85. The summed E-state index contributed by atoms with van der Waals surface area (Å²) in [6.07, 6.45) is 7.46. The van der Waals surface area contributed by atoms with E-state index in [1.807, 2.05) is 30.0 Å². The van der Waals surface area contributed by atoms with Gasteiger partial charge in [0.1, 0.15) is 11.3 Å². The van der Waals surface area contributed by atoms with Crippen molar-refractivity contribution >= 4 is 16.9 Å². The monoisotopic (exact) mass is 313 g/mol. The first kappa shape index (κ1) is 15.7. The number of hydrogen-bond acceptors (Lipinski definition) is 3. The number of amides is 1. The molecule has 1 atom stereocenters. The summed E-state index contributed by atoms with van der Waals surface area (Å²) >= 11 is 0. The van der Waals surface area contributed by atoms with E-state index in [9.17, 15) is 4.79 Å². The van der Waals surface area contributed by atoms with E-state index in [2.05, 4.69) is 19.1 Å². The van der Waals surface area contributed by atoms with E-state index >= 15 is 0 Å². The first-order valence-electron chi connectivity index (χ1n) is 8.20. The molecule has 0 saturated carbocycles. The maximum Gasteiger partial charge on any atom is 0.290 e. The molecule has 0 fully saturated rings. The van der Waals surface area contributed by atoms with E-state index in [1.54, 1.807) is 7.11 Å². The quantitative estimate of drug-likeness (QED) is 0.772. The van der Waals surface area contributed by atoms with Gasteiger partial charge in [0.25, 0.3) is 5.91 Å². The minimum atomic E-state index is -0.0243. The van der Waals surface area contributed by atoms with Gasteiger partial charge in [-0.1, -0.05) is 31.9 Å². The van der Waals surface area contributed by atoms with Crippen molar-refractivity contribution in [3.63, 3.8) is 0 Å². The molecule has 1 amide bonds. The highest BCUT2D eigenvalue weighted by Gasteiger charge is 2.29. The van der Waals surface area contributed by atoms with E-state index in [0.717, 1.165) is 36.0 Å². The molecule has 0 unspecified atom stereocenters. The number of furan rings is 1. The number of unbranched alkanes of at least 4 members (excludes halogenated alkanes) is 1. The van der Waals surface area contributed by atoms with Gasteiger partial charge in [-0.2, -0.15) is 0 Å². The van der Waals surface area contributed by atoms with Crippen LogP contribution in [-0.4, -0.2) is 30.5 Å². The van der Waals surface area contributed by atoms with Crippen LogP contribution < -0.4 is 4.74 Å². The number of carbonyl (C=O) groups is 1. The van der Waals surface area contributed by atoms with Gasteiger partial charge in [-0.25, -0.2) is 0 Å². The zero-order chi connectivity index (χ0) is 16.4. The van der Waals surface area contributed by atoms with Crippen molar-refractivity contribution in [2.75, 3.05) is 13.7 Å². The first-order valence-corrected chi connectivity index (χ1v) is 8.20. The molecular formula is C19H23NO3. The van der Waals surface area contributed by atoms with Crippen LogP contribution >= 0.6 is 0 Å². The average molecular weight is 313 g/mol. The van der Waals surface area contributed by atoms with Crippen LogP contribution in [0.3, 0.4) is 0 Å². The van der Waals surface area contributed by atoms with Gasteiger partial charge >= 0.3 is 0 Å². The van der Waals surface area contributed by atoms with Crippen LogP contribution in [0.25, 0.3) is 11.0 Å². The third-order valence-corrected chi connectivity index (χ3v) is 4.51. The number of nitrogens with zero attached hydrogens (tertiary/aromatic N) is 1. The van der Waals surface area contributed by atoms with Crippen LogP contribution in [0.1, 0.15) is 42.3 Å². The lowest BCUT2D eigenvalue weighted by Gasteiger charge is -2.23. The molecule has 1 aromatic carbocycles. The van der Waals surface area contributed by atoms with Crippen LogP contribution in [-0.2, 0) is 0 Å². The Morgan fingerprint density at radius 2 is 2.26 bits per heavy atom. The number of ether oxygens (including phenoxy) is 1. The molecule has 122 valence electrons. The van der Waals surface area contributed by atoms with E-state index in [0.29, 0.717) is 17.9 Å². The minimum absolute atomic E-state index is 0.0243. The van der Waals surface area contributed by atoms with Gasteiger partial charge < -0.3 is 14.1 Å². The number of benzene rings is 1. The largest absolute Gasteiger partial charge is 0.497 e. The van der Waals surface area contributed by atoms with Crippen molar-refractivity contribution in [1.82, 2.24) is 4.90 Å². The molecule has 4 heteroatoms. The molecule has 0 spiro atoms. The van der Waals surface area contributed by atoms with Crippen LogP contribution in [0, 0.1) is 6.92 Å². The smallest absolute Gasteiger partial charge is 0.290 e. The molecule has 0 N–H and O–H groups in total. The van der Waals surface area contributed by atoms with Crippen molar-refractivity contribution in [3.05, 3.63) is 41.7 Å². The number of hydrogen-bond donors (Lipinski definition) is 0. The lowest BCUT2D eigenvalue weighted by molar-refractivity contribution is 0.0712. The molecule has 4 nitrogen and oxygen atoms in total. The lowest BCUT2D eigenvalue weighted by Crippen LogP contribution is -2.36. The number of methoxy groups -OCH3 is 1.